The molecule has 0 aliphatic carbocycles. The van der Waals surface area contributed by atoms with E-state index in [1.165, 1.54) is 24.3 Å². The minimum Gasteiger partial charge on any atom is -0.508 e. The van der Waals surface area contributed by atoms with Gasteiger partial charge >= 0.3 is 6.09 Å². The van der Waals surface area contributed by atoms with Crippen LogP contribution >= 0.6 is 0 Å². The van der Waals surface area contributed by atoms with E-state index < -0.39 is 35.6 Å². The number of fused-ring (bicyclic) bond motifs is 1. The van der Waals surface area contributed by atoms with Crippen molar-refractivity contribution in [3.8, 4) is 18.2 Å². The second-order valence-electron chi connectivity index (χ2n) is 10.7. The number of hydrogen-bond acceptors (Lipinski definition) is 5. The predicted molar refractivity (Wildman–Crippen MR) is 152 cm³/mol. The molecule has 8 heteroatoms. The zero-order chi connectivity index (χ0) is 28.7. The van der Waals surface area contributed by atoms with Crippen LogP contribution in [0.5, 0.6) is 5.75 Å². The molecular weight excluding hydrogens is 494 g/mol. The molecule has 0 radical (unpaired) electrons. The number of carbonyl (C=O) groups excluding carboxylic acids is 3. The first-order valence-corrected chi connectivity index (χ1v) is 12.8. The van der Waals surface area contributed by atoms with Gasteiger partial charge in [-0.2, -0.15) is 0 Å². The number of phenols is 1. The molecule has 39 heavy (non-hydrogen) atoms. The predicted octanol–water partition coefficient (Wildman–Crippen LogP) is 5.58. The molecule has 0 bridgehead atoms. The van der Waals surface area contributed by atoms with E-state index in [4.69, 9.17) is 11.2 Å². The highest BCUT2D eigenvalue weighted by atomic mass is 16.6. The molecule has 0 saturated carbocycles. The fourth-order valence-corrected chi connectivity index (χ4v) is 4.13. The number of terminal acetylenes is 1. The van der Waals surface area contributed by atoms with Gasteiger partial charge in [0.2, 0.25) is 0 Å². The molecule has 2 atom stereocenters. The van der Waals surface area contributed by atoms with Gasteiger partial charge in [-0.05, 0) is 73.7 Å². The van der Waals surface area contributed by atoms with Crippen LogP contribution in [0, 0.1) is 18.4 Å². The molecule has 3 N–H and O–H groups in total. The molecule has 3 aromatic carbocycles. The first-order valence-electron chi connectivity index (χ1n) is 12.8. The van der Waals surface area contributed by atoms with Crippen molar-refractivity contribution in [3.63, 3.8) is 0 Å². The van der Waals surface area contributed by atoms with Crippen molar-refractivity contribution in [1.82, 2.24) is 10.2 Å². The molecular formula is C31H35N3O5. The highest BCUT2D eigenvalue weighted by Gasteiger charge is 2.36. The Kier molecular flexibility index (Phi) is 9.20. The molecule has 3 amide bonds. The molecule has 0 fully saturated rings. The lowest BCUT2D eigenvalue weighted by Gasteiger charge is -2.31. The number of hydrogen-bond donors (Lipinski definition) is 3. The third-order valence-electron chi connectivity index (χ3n) is 5.81. The SMILES string of the molecule is C#CN(C(=O)C(CC(C)C)NC(=O)OC(C)(C)C)C(C(=O)Nc1ccc2ccccc2c1)c1ccc(O)cc1. The van der Waals surface area contributed by atoms with Crippen LogP contribution in [0.4, 0.5) is 10.5 Å². The van der Waals surface area contributed by atoms with Crippen molar-refractivity contribution < 1.29 is 24.2 Å². The Morgan fingerprint density at radius 3 is 2.23 bits per heavy atom. The number of rotatable bonds is 8. The number of anilines is 1. The number of benzene rings is 3. The van der Waals surface area contributed by atoms with Crippen molar-refractivity contribution >= 4 is 34.4 Å². The zero-order valence-corrected chi connectivity index (χ0v) is 22.9. The number of phenolic OH excluding ortho intramolecular Hbond substituents is 1. The number of amides is 3. The van der Waals surface area contributed by atoms with E-state index in [-0.39, 0.29) is 18.1 Å². The molecule has 0 aliphatic heterocycles. The van der Waals surface area contributed by atoms with Crippen molar-refractivity contribution in [3.05, 3.63) is 72.3 Å². The molecule has 2 unspecified atom stereocenters. The van der Waals surface area contributed by atoms with Crippen LogP contribution in [-0.2, 0) is 14.3 Å². The maximum absolute atomic E-state index is 13.8. The van der Waals surface area contributed by atoms with E-state index in [0.717, 1.165) is 15.7 Å². The number of carbonyl (C=O) groups is 3. The van der Waals surface area contributed by atoms with Gasteiger partial charge in [-0.3, -0.25) is 14.5 Å². The number of nitrogens with zero attached hydrogens (tertiary/aromatic N) is 1. The Balaban J connectivity index is 1.96. The average Bonchev–Trinajstić information content (AvgIpc) is 2.85. The summed E-state index contributed by atoms with van der Waals surface area (Å²) in [4.78, 5) is 41.1. The molecule has 3 rings (SSSR count). The molecule has 0 spiro atoms. The smallest absolute Gasteiger partial charge is 0.408 e. The highest BCUT2D eigenvalue weighted by molar-refractivity contribution is 6.01. The monoisotopic (exact) mass is 529 g/mol. The second kappa shape index (κ2) is 12.4. The van der Waals surface area contributed by atoms with Gasteiger partial charge in [-0.1, -0.05) is 62.7 Å². The van der Waals surface area contributed by atoms with Gasteiger partial charge in [0.25, 0.3) is 11.8 Å². The van der Waals surface area contributed by atoms with Crippen molar-refractivity contribution in [2.75, 3.05) is 5.32 Å². The minimum atomic E-state index is -1.25. The Labute approximate surface area is 229 Å². The number of ether oxygens (including phenoxy) is 1. The first kappa shape index (κ1) is 29.1. The van der Waals surface area contributed by atoms with Crippen LogP contribution in [0.1, 0.15) is 52.6 Å². The Bertz CT molecular complexity index is 1370. The molecule has 0 heterocycles. The summed E-state index contributed by atoms with van der Waals surface area (Å²) in [5.41, 5.74) is 0.144. The lowest BCUT2D eigenvalue weighted by molar-refractivity contribution is -0.137. The van der Waals surface area contributed by atoms with E-state index in [9.17, 15) is 19.5 Å². The van der Waals surface area contributed by atoms with Gasteiger partial charge in [0.05, 0.1) is 0 Å². The fourth-order valence-electron chi connectivity index (χ4n) is 4.13. The normalized spacial score (nSPS) is 12.7. The summed E-state index contributed by atoms with van der Waals surface area (Å²) in [5, 5.41) is 17.2. The summed E-state index contributed by atoms with van der Waals surface area (Å²) in [6.07, 6.45) is 5.34. The van der Waals surface area contributed by atoms with E-state index in [2.05, 4.69) is 16.7 Å². The maximum Gasteiger partial charge on any atom is 0.408 e. The van der Waals surface area contributed by atoms with Crippen LogP contribution in [0.25, 0.3) is 10.8 Å². The fraction of sp³-hybridized carbons (Fsp3) is 0.323. The topological polar surface area (TPSA) is 108 Å². The van der Waals surface area contributed by atoms with Gasteiger partial charge < -0.3 is 20.5 Å². The highest BCUT2D eigenvalue weighted by Crippen LogP contribution is 2.27. The zero-order valence-electron chi connectivity index (χ0n) is 22.9. The standard InChI is InChI=1S/C31H35N3O5/c1-7-34(29(37)26(18-20(2)3)33-30(38)39-31(4,5)6)27(22-13-16-25(35)17-14-22)28(36)32-24-15-12-21-10-8-9-11-23(21)19-24/h1,8-17,19-20,26-27,35H,18H2,2-6H3,(H,32,36)(H,33,38). The molecule has 8 nitrogen and oxygen atoms in total. The van der Waals surface area contributed by atoms with Gasteiger partial charge in [-0.25, -0.2) is 4.79 Å². The third-order valence-corrected chi connectivity index (χ3v) is 5.81. The van der Waals surface area contributed by atoms with Crippen LogP contribution in [0.2, 0.25) is 0 Å². The lowest BCUT2D eigenvalue weighted by atomic mass is 9.99. The summed E-state index contributed by atoms with van der Waals surface area (Å²) < 4.78 is 5.35. The van der Waals surface area contributed by atoms with Crippen LogP contribution < -0.4 is 10.6 Å². The number of nitrogens with one attached hydrogen (secondary N) is 2. The average molecular weight is 530 g/mol. The van der Waals surface area contributed by atoms with E-state index >= 15 is 0 Å². The van der Waals surface area contributed by atoms with Crippen LogP contribution in [0.3, 0.4) is 0 Å². The largest absolute Gasteiger partial charge is 0.508 e. The molecule has 0 aromatic heterocycles. The Morgan fingerprint density at radius 2 is 1.64 bits per heavy atom. The van der Waals surface area contributed by atoms with Crippen molar-refractivity contribution in [2.24, 2.45) is 5.92 Å². The van der Waals surface area contributed by atoms with Crippen molar-refractivity contribution in [2.45, 2.75) is 58.7 Å². The number of aromatic hydroxyl groups is 1. The van der Waals surface area contributed by atoms with E-state index in [1.54, 1.807) is 26.8 Å². The minimum absolute atomic E-state index is 0.00435. The number of alkyl carbamates (subject to hydrolysis) is 1. The lowest BCUT2D eigenvalue weighted by Crippen LogP contribution is -2.51. The Hall–Kier alpha value is -4.51. The summed E-state index contributed by atoms with van der Waals surface area (Å²) in [6.45, 7) is 8.97. The summed E-state index contributed by atoms with van der Waals surface area (Å²) in [5.74, 6) is -1.17. The Morgan fingerprint density at radius 1 is 1.00 bits per heavy atom. The molecule has 204 valence electrons. The second-order valence-corrected chi connectivity index (χ2v) is 10.7. The first-order chi connectivity index (χ1) is 18.4. The van der Waals surface area contributed by atoms with Crippen molar-refractivity contribution in [1.29, 1.82) is 0 Å². The summed E-state index contributed by atoms with van der Waals surface area (Å²) >= 11 is 0. The van der Waals surface area contributed by atoms with E-state index in [0.29, 0.717) is 11.3 Å². The quantitative estimate of drug-likeness (QED) is 0.261. The van der Waals surface area contributed by atoms with Crippen LogP contribution in [0.15, 0.2) is 66.7 Å². The summed E-state index contributed by atoms with van der Waals surface area (Å²) in [7, 11) is 0. The molecule has 0 aliphatic rings. The van der Waals surface area contributed by atoms with Gasteiger partial charge in [0.1, 0.15) is 23.4 Å². The van der Waals surface area contributed by atoms with Gasteiger partial charge in [0.15, 0.2) is 0 Å². The van der Waals surface area contributed by atoms with Gasteiger partial charge in [0, 0.05) is 11.7 Å². The third kappa shape index (κ3) is 7.99. The van der Waals surface area contributed by atoms with Gasteiger partial charge in [-0.15, -0.1) is 0 Å². The summed E-state index contributed by atoms with van der Waals surface area (Å²) in [6, 6.07) is 19.1. The van der Waals surface area contributed by atoms with E-state index in [1.807, 2.05) is 50.2 Å². The molecule has 3 aromatic rings. The van der Waals surface area contributed by atoms with Crippen LogP contribution in [-0.4, -0.2) is 39.6 Å². The maximum atomic E-state index is 13.8. The molecule has 0 saturated heterocycles.